The number of nitrogens with zero attached hydrogens (tertiary/aromatic N) is 1. The van der Waals surface area contributed by atoms with E-state index in [1.807, 2.05) is 0 Å². The predicted molar refractivity (Wildman–Crippen MR) is 147 cm³/mol. The van der Waals surface area contributed by atoms with E-state index >= 15 is 0 Å². The van der Waals surface area contributed by atoms with Crippen LogP contribution < -0.4 is 15.4 Å². The average molecular weight is 526 g/mol. The highest BCUT2D eigenvalue weighted by atomic mass is 16.6. The van der Waals surface area contributed by atoms with Crippen molar-refractivity contribution >= 4 is 23.6 Å². The molecule has 0 spiro atoms. The highest BCUT2D eigenvalue weighted by molar-refractivity contribution is 5.99. The molecule has 2 aromatic carbocycles. The molecular formula is C29H39N3O6. The zero-order valence-corrected chi connectivity index (χ0v) is 23.2. The Morgan fingerprint density at radius 3 is 2.24 bits per heavy atom. The van der Waals surface area contributed by atoms with Gasteiger partial charge in [-0.1, -0.05) is 26.0 Å². The lowest BCUT2D eigenvalue weighted by Crippen LogP contribution is -2.54. The van der Waals surface area contributed by atoms with Crippen molar-refractivity contribution in [2.45, 2.75) is 59.2 Å². The monoisotopic (exact) mass is 525 g/mol. The van der Waals surface area contributed by atoms with Gasteiger partial charge in [0.25, 0.3) is 5.91 Å². The van der Waals surface area contributed by atoms with E-state index in [-0.39, 0.29) is 18.2 Å². The Kier molecular flexibility index (Phi) is 10.3. The van der Waals surface area contributed by atoms with Gasteiger partial charge >= 0.3 is 6.09 Å². The second kappa shape index (κ2) is 13.0. The van der Waals surface area contributed by atoms with Crippen LogP contribution in [0, 0.1) is 12.8 Å². The van der Waals surface area contributed by atoms with Gasteiger partial charge in [-0.15, -0.1) is 6.58 Å². The third-order valence-corrected chi connectivity index (χ3v) is 5.67. The molecule has 0 aliphatic carbocycles. The lowest BCUT2D eigenvalue weighted by atomic mass is 9.97. The number of hydrogen-bond donors (Lipinski definition) is 3. The van der Waals surface area contributed by atoms with Gasteiger partial charge in [0.2, 0.25) is 5.91 Å². The maximum Gasteiger partial charge on any atom is 0.408 e. The average Bonchev–Trinajstić information content (AvgIpc) is 2.83. The number of carbonyl (C=O) groups excluding carboxylic acids is 3. The number of benzene rings is 2. The zero-order chi connectivity index (χ0) is 28.6. The van der Waals surface area contributed by atoms with E-state index in [9.17, 15) is 19.5 Å². The Morgan fingerprint density at radius 2 is 1.74 bits per heavy atom. The van der Waals surface area contributed by atoms with Crippen LogP contribution in [0.15, 0.2) is 55.1 Å². The fourth-order valence-corrected chi connectivity index (χ4v) is 3.80. The zero-order valence-electron chi connectivity index (χ0n) is 23.2. The van der Waals surface area contributed by atoms with Crippen LogP contribution in [0.4, 0.5) is 10.5 Å². The summed E-state index contributed by atoms with van der Waals surface area (Å²) in [5.41, 5.74) is 0.790. The van der Waals surface area contributed by atoms with Crippen molar-refractivity contribution in [3.8, 4) is 11.5 Å². The van der Waals surface area contributed by atoms with Crippen LogP contribution in [0.1, 0.15) is 51.8 Å². The molecule has 206 valence electrons. The van der Waals surface area contributed by atoms with Gasteiger partial charge in [-0.25, -0.2) is 4.79 Å². The molecule has 0 heterocycles. The Labute approximate surface area is 224 Å². The summed E-state index contributed by atoms with van der Waals surface area (Å²) < 4.78 is 10.6. The van der Waals surface area contributed by atoms with Crippen molar-refractivity contribution in [3.63, 3.8) is 0 Å². The molecule has 0 aliphatic rings. The minimum atomic E-state index is -1.09. The van der Waals surface area contributed by atoms with Crippen LogP contribution in [0.2, 0.25) is 0 Å². The third-order valence-electron chi connectivity index (χ3n) is 5.67. The number of anilines is 1. The van der Waals surface area contributed by atoms with E-state index in [0.717, 1.165) is 0 Å². The van der Waals surface area contributed by atoms with Crippen molar-refractivity contribution in [1.29, 1.82) is 0 Å². The van der Waals surface area contributed by atoms with Crippen molar-refractivity contribution < 1.29 is 29.0 Å². The summed E-state index contributed by atoms with van der Waals surface area (Å²) in [6, 6.07) is 9.46. The Balaban J connectivity index is 2.51. The van der Waals surface area contributed by atoms with Crippen molar-refractivity contribution in [1.82, 2.24) is 10.2 Å². The second-order valence-electron chi connectivity index (χ2n) is 10.3. The number of nitrogens with one attached hydrogen (secondary N) is 2. The van der Waals surface area contributed by atoms with E-state index in [0.29, 0.717) is 22.6 Å². The molecule has 38 heavy (non-hydrogen) atoms. The molecule has 0 fully saturated rings. The number of aryl methyl sites for hydroxylation is 1. The minimum absolute atomic E-state index is 0.0265. The molecule has 2 atom stereocenters. The largest absolute Gasteiger partial charge is 0.508 e. The van der Waals surface area contributed by atoms with Gasteiger partial charge in [-0.3, -0.25) is 9.59 Å². The van der Waals surface area contributed by atoms with Crippen molar-refractivity contribution in [2.75, 3.05) is 19.0 Å². The first-order valence-corrected chi connectivity index (χ1v) is 12.4. The first kappa shape index (κ1) is 30.2. The molecule has 0 saturated carbocycles. The molecule has 3 N–H and O–H groups in total. The maximum absolute atomic E-state index is 13.9. The number of rotatable bonds is 10. The van der Waals surface area contributed by atoms with Crippen LogP contribution in [0.25, 0.3) is 0 Å². The summed E-state index contributed by atoms with van der Waals surface area (Å²) in [7, 11) is 1.55. The number of alkyl carbamates (subject to hydrolysis) is 1. The van der Waals surface area contributed by atoms with E-state index in [1.165, 1.54) is 17.0 Å². The number of ether oxygens (including phenoxy) is 2. The van der Waals surface area contributed by atoms with Crippen LogP contribution in [0.5, 0.6) is 11.5 Å². The Hall–Kier alpha value is -4.01. The third kappa shape index (κ3) is 8.26. The minimum Gasteiger partial charge on any atom is -0.508 e. The van der Waals surface area contributed by atoms with Gasteiger partial charge in [0.1, 0.15) is 29.2 Å². The van der Waals surface area contributed by atoms with Gasteiger partial charge < -0.3 is 30.1 Å². The number of phenolic OH excluding ortho intramolecular Hbond substituents is 1. The fraction of sp³-hybridized carbons (Fsp3) is 0.414. The van der Waals surface area contributed by atoms with Gasteiger partial charge in [0, 0.05) is 12.2 Å². The molecule has 3 amide bonds. The fourth-order valence-electron chi connectivity index (χ4n) is 3.80. The number of carbonyl (C=O) groups is 3. The molecule has 0 saturated heterocycles. The maximum atomic E-state index is 13.9. The van der Waals surface area contributed by atoms with Gasteiger partial charge in [0.15, 0.2) is 0 Å². The standard InChI is InChI=1S/C29H39N3O6/c1-9-16-32(27(35)24(18(2)3)31-28(36)38-29(5,6)7)25(20-10-15-23(33)19(4)17-20)26(34)30-21-11-13-22(37-8)14-12-21/h9-15,17-18,24-25,33H,1,16H2,2-8H3,(H,30,34)(H,31,36). The second-order valence-corrected chi connectivity index (χ2v) is 10.3. The highest BCUT2D eigenvalue weighted by Crippen LogP contribution is 2.29. The van der Waals surface area contributed by atoms with Crippen molar-refractivity contribution in [3.05, 3.63) is 66.2 Å². The molecule has 9 heteroatoms. The molecule has 2 unspecified atom stereocenters. The van der Waals surface area contributed by atoms with Crippen LogP contribution in [-0.2, 0) is 14.3 Å². The predicted octanol–water partition coefficient (Wildman–Crippen LogP) is 4.95. The lowest BCUT2D eigenvalue weighted by Gasteiger charge is -2.35. The summed E-state index contributed by atoms with van der Waals surface area (Å²) in [6.07, 6.45) is 0.784. The summed E-state index contributed by atoms with van der Waals surface area (Å²) in [5, 5.41) is 15.6. The quantitative estimate of drug-likeness (QED) is 0.378. The summed E-state index contributed by atoms with van der Waals surface area (Å²) in [6.45, 7) is 14.3. The Morgan fingerprint density at radius 1 is 1.11 bits per heavy atom. The summed E-state index contributed by atoms with van der Waals surface area (Å²) in [4.78, 5) is 41.6. The molecule has 0 aromatic heterocycles. The molecule has 0 bridgehead atoms. The summed E-state index contributed by atoms with van der Waals surface area (Å²) in [5.74, 6) is -0.572. The van der Waals surface area contributed by atoms with E-state index < -0.39 is 35.6 Å². The number of aromatic hydroxyl groups is 1. The van der Waals surface area contributed by atoms with Crippen molar-refractivity contribution in [2.24, 2.45) is 5.92 Å². The smallest absolute Gasteiger partial charge is 0.408 e. The summed E-state index contributed by atoms with van der Waals surface area (Å²) >= 11 is 0. The SMILES string of the molecule is C=CCN(C(=O)C(NC(=O)OC(C)(C)C)C(C)C)C(C(=O)Nc1ccc(OC)cc1)c1ccc(O)c(C)c1. The number of methoxy groups -OCH3 is 1. The molecule has 2 aromatic rings. The van der Waals surface area contributed by atoms with E-state index in [4.69, 9.17) is 9.47 Å². The van der Waals surface area contributed by atoms with E-state index in [1.54, 1.807) is 85.1 Å². The number of phenols is 1. The van der Waals surface area contributed by atoms with Gasteiger partial charge in [0.05, 0.1) is 7.11 Å². The van der Waals surface area contributed by atoms with Crippen LogP contribution in [-0.4, -0.2) is 53.2 Å². The first-order valence-electron chi connectivity index (χ1n) is 12.4. The van der Waals surface area contributed by atoms with Crippen LogP contribution >= 0.6 is 0 Å². The number of amides is 3. The Bertz CT molecular complexity index is 1140. The van der Waals surface area contributed by atoms with Gasteiger partial charge in [-0.2, -0.15) is 0 Å². The lowest BCUT2D eigenvalue weighted by molar-refractivity contribution is -0.141. The molecule has 9 nitrogen and oxygen atoms in total. The molecular weight excluding hydrogens is 486 g/mol. The first-order chi connectivity index (χ1) is 17.8. The van der Waals surface area contributed by atoms with Crippen LogP contribution in [0.3, 0.4) is 0 Å². The highest BCUT2D eigenvalue weighted by Gasteiger charge is 2.37. The number of hydrogen-bond acceptors (Lipinski definition) is 6. The molecule has 2 rings (SSSR count). The normalized spacial score (nSPS) is 12.7. The molecule has 0 radical (unpaired) electrons. The van der Waals surface area contributed by atoms with E-state index in [2.05, 4.69) is 17.2 Å². The van der Waals surface area contributed by atoms with Gasteiger partial charge in [-0.05, 0) is 81.1 Å². The topological polar surface area (TPSA) is 117 Å². The molecule has 0 aliphatic heterocycles.